The zero-order chi connectivity index (χ0) is 20.4. The number of aromatic nitrogens is 1. The van der Waals surface area contributed by atoms with Gasteiger partial charge < -0.3 is 14.2 Å². The van der Waals surface area contributed by atoms with Crippen LogP contribution in [0.1, 0.15) is 11.3 Å². The van der Waals surface area contributed by atoms with E-state index in [1.54, 1.807) is 18.4 Å². The number of furan rings is 1. The molecule has 0 unspecified atom stereocenters. The van der Waals surface area contributed by atoms with Crippen LogP contribution in [-0.4, -0.2) is 13.4 Å². The third-order valence-corrected chi connectivity index (χ3v) is 6.28. The second-order valence-corrected chi connectivity index (χ2v) is 8.66. The van der Waals surface area contributed by atoms with Crippen molar-refractivity contribution < 1.29 is 17.3 Å². The topological polar surface area (TPSA) is 85.3 Å². The van der Waals surface area contributed by atoms with Crippen molar-refractivity contribution in [1.29, 1.82) is 0 Å². The van der Waals surface area contributed by atoms with Crippen LogP contribution in [0.25, 0.3) is 11.5 Å². The molecule has 0 aliphatic carbocycles. The minimum Gasteiger partial charge on any atom is -0.467 e. The Morgan fingerprint density at radius 1 is 1.03 bits per heavy atom. The summed E-state index contributed by atoms with van der Waals surface area (Å²) in [7, 11) is -3.93. The van der Waals surface area contributed by atoms with Gasteiger partial charge in [0.05, 0.1) is 17.7 Å². The largest absolute Gasteiger partial charge is 0.467 e. The predicted molar refractivity (Wildman–Crippen MR) is 110 cm³/mol. The van der Waals surface area contributed by atoms with Crippen LogP contribution in [0.5, 0.6) is 0 Å². The number of aryl methyl sites for hydroxylation is 1. The van der Waals surface area contributed by atoms with Gasteiger partial charge in [0.15, 0.2) is 0 Å². The molecule has 4 rings (SSSR count). The van der Waals surface area contributed by atoms with Gasteiger partial charge in [-0.2, -0.15) is 4.98 Å². The molecule has 0 amide bonds. The van der Waals surface area contributed by atoms with Crippen LogP contribution in [0.4, 0.5) is 5.88 Å². The number of benzene rings is 2. The molecule has 1 N–H and O–H groups in total. The van der Waals surface area contributed by atoms with Crippen molar-refractivity contribution in [2.24, 2.45) is 0 Å². The van der Waals surface area contributed by atoms with Crippen LogP contribution in [0, 0.1) is 6.92 Å². The van der Waals surface area contributed by atoms with Crippen LogP contribution in [0.3, 0.4) is 0 Å². The Morgan fingerprint density at radius 3 is 2.48 bits per heavy atom. The molecule has 0 atom stereocenters. The van der Waals surface area contributed by atoms with Crippen LogP contribution in [0.2, 0.25) is 5.02 Å². The molecule has 0 fully saturated rings. The van der Waals surface area contributed by atoms with Crippen LogP contribution in [0.15, 0.2) is 85.7 Å². The summed E-state index contributed by atoms with van der Waals surface area (Å²) in [4.78, 5) is 4.41. The average molecular weight is 429 g/mol. The molecule has 0 aliphatic heterocycles. The van der Waals surface area contributed by atoms with Crippen molar-refractivity contribution >= 4 is 27.3 Å². The maximum atomic E-state index is 13.2. The number of hydrogen-bond acceptors (Lipinski definition) is 6. The Labute approximate surface area is 173 Å². The third kappa shape index (κ3) is 3.92. The third-order valence-electron chi connectivity index (χ3n) is 4.35. The summed E-state index contributed by atoms with van der Waals surface area (Å²) in [5.74, 6) is 0.904. The summed E-state index contributed by atoms with van der Waals surface area (Å²) in [5, 5.41) is 3.24. The van der Waals surface area contributed by atoms with Crippen molar-refractivity contribution in [1.82, 2.24) is 4.98 Å². The van der Waals surface area contributed by atoms with Crippen molar-refractivity contribution in [3.05, 3.63) is 83.3 Å². The van der Waals surface area contributed by atoms with Gasteiger partial charge in [-0.25, -0.2) is 8.42 Å². The predicted octanol–water partition coefficient (Wildman–Crippen LogP) is 5.34. The second-order valence-electron chi connectivity index (χ2n) is 6.36. The Balaban J connectivity index is 1.80. The molecule has 0 bridgehead atoms. The smallest absolute Gasteiger partial charge is 0.234 e. The van der Waals surface area contributed by atoms with Gasteiger partial charge in [0.25, 0.3) is 0 Å². The van der Waals surface area contributed by atoms with Gasteiger partial charge in [0.2, 0.25) is 26.6 Å². The zero-order valence-electron chi connectivity index (χ0n) is 15.4. The second kappa shape index (κ2) is 7.77. The van der Waals surface area contributed by atoms with Crippen LogP contribution < -0.4 is 5.32 Å². The van der Waals surface area contributed by atoms with E-state index in [2.05, 4.69) is 10.3 Å². The standard InChI is InChI=1S/C21H17ClN2O4S/c1-14-5-2-3-7-18(14)19-24-21(20(28-19)23-13-16-6-4-12-27-16)29(25,26)17-10-8-15(22)9-11-17/h2-12,23H,13H2,1H3. The van der Waals surface area contributed by atoms with E-state index in [4.69, 9.17) is 20.4 Å². The lowest BCUT2D eigenvalue weighted by Crippen LogP contribution is -2.07. The first-order chi connectivity index (χ1) is 13.9. The number of nitrogens with zero attached hydrogens (tertiary/aromatic N) is 1. The van der Waals surface area contributed by atoms with Gasteiger partial charge in [-0.05, 0) is 55.0 Å². The first-order valence-electron chi connectivity index (χ1n) is 8.79. The number of halogens is 1. The fraction of sp³-hybridized carbons (Fsp3) is 0.0952. The minimum absolute atomic E-state index is 0.0506. The van der Waals surface area contributed by atoms with E-state index in [-0.39, 0.29) is 28.2 Å². The van der Waals surface area contributed by atoms with Crippen LogP contribution in [-0.2, 0) is 16.4 Å². The maximum absolute atomic E-state index is 13.2. The number of anilines is 1. The van der Waals surface area contributed by atoms with Gasteiger partial charge in [-0.1, -0.05) is 29.8 Å². The lowest BCUT2D eigenvalue weighted by atomic mass is 10.1. The van der Waals surface area contributed by atoms with E-state index in [0.29, 0.717) is 16.3 Å². The molecule has 2 aromatic carbocycles. The fourth-order valence-electron chi connectivity index (χ4n) is 2.83. The summed E-state index contributed by atoms with van der Waals surface area (Å²) in [5.41, 5.74) is 1.63. The van der Waals surface area contributed by atoms with Crippen molar-refractivity contribution in [2.75, 3.05) is 5.32 Å². The molecule has 2 heterocycles. The molecule has 6 nitrogen and oxygen atoms in total. The van der Waals surface area contributed by atoms with Crippen molar-refractivity contribution in [2.45, 2.75) is 23.4 Å². The molecule has 8 heteroatoms. The zero-order valence-corrected chi connectivity index (χ0v) is 17.0. The van der Waals surface area contributed by atoms with Crippen LogP contribution >= 0.6 is 11.6 Å². The summed E-state index contributed by atoms with van der Waals surface area (Å²) in [6.07, 6.45) is 1.54. The number of hydrogen-bond donors (Lipinski definition) is 1. The van der Waals surface area contributed by atoms with E-state index in [1.807, 2.05) is 31.2 Å². The molecular weight excluding hydrogens is 412 g/mol. The minimum atomic E-state index is -3.93. The van der Waals surface area contributed by atoms with Gasteiger partial charge in [-0.15, -0.1) is 0 Å². The molecule has 0 saturated heterocycles. The summed E-state index contributed by atoms with van der Waals surface area (Å²) in [6.45, 7) is 2.15. The highest BCUT2D eigenvalue weighted by Crippen LogP contribution is 2.34. The quantitative estimate of drug-likeness (QED) is 0.446. The Hall–Kier alpha value is -3.03. The summed E-state index contributed by atoms with van der Waals surface area (Å²) in [6, 6.07) is 16.9. The monoisotopic (exact) mass is 428 g/mol. The molecule has 0 aliphatic rings. The number of oxazole rings is 1. The Morgan fingerprint density at radius 2 is 1.79 bits per heavy atom. The summed E-state index contributed by atoms with van der Waals surface area (Å²) >= 11 is 5.90. The number of nitrogens with one attached hydrogen (secondary N) is 1. The van der Waals surface area contributed by atoms with Crippen molar-refractivity contribution in [3.63, 3.8) is 0 Å². The molecule has 0 saturated carbocycles. The Bertz CT molecular complexity index is 1230. The van der Waals surface area contributed by atoms with E-state index in [1.165, 1.54) is 24.3 Å². The highest BCUT2D eigenvalue weighted by atomic mass is 35.5. The lowest BCUT2D eigenvalue weighted by Gasteiger charge is -2.05. The molecule has 29 heavy (non-hydrogen) atoms. The molecule has 0 spiro atoms. The molecule has 4 aromatic rings. The molecule has 148 valence electrons. The first-order valence-corrected chi connectivity index (χ1v) is 10.6. The molecule has 2 aromatic heterocycles. The lowest BCUT2D eigenvalue weighted by molar-refractivity contribution is 0.511. The first kappa shape index (κ1) is 19.3. The summed E-state index contributed by atoms with van der Waals surface area (Å²) < 4.78 is 37.6. The normalized spacial score (nSPS) is 11.5. The highest BCUT2D eigenvalue weighted by Gasteiger charge is 2.29. The average Bonchev–Trinajstić information content (AvgIpc) is 3.37. The fourth-order valence-corrected chi connectivity index (χ4v) is 4.24. The highest BCUT2D eigenvalue weighted by molar-refractivity contribution is 7.91. The SMILES string of the molecule is Cc1ccccc1-c1nc(S(=O)(=O)c2ccc(Cl)cc2)c(NCc2ccco2)o1. The van der Waals surface area contributed by atoms with Gasteiger partial charge in [0, 0.05) is 10.6 Å². The van der Waals surface area contributed by atoms with E-state index < -0.39 is 9.84 Å². The van der Waals surface area contributed by atoms with Gasteiger partial charge in [0.1, 0.15) is 5.76 Å². The molecular formula is C21H17ClN2O4S. The maximum Gasteiger partial charge on any atom is 0.234 e. The molecule has 0 radical (unpaired) electrons. The van der Waals surface area contributed by atoms with E-state index in [9.17, 15) is 8.42 Å². The van der Waals surface area contributed by atoms with E-state index in [0.717, 1.165) is 5.56 Å². The number of rotatable bonds is 6. The van der Waals surface area contributed by atoms with Gasteiger partial charge >= 0.3 is 0 Å². The van der Waals surface area contributed by atoms with Crippen molar-refractivity contribution in [3.8, 4) is 11.5 Å². The van der Waals surface area contributed by atoms with Gasteiger partial charge in [-0.3, -0.25) is 0 Å². The number of sulfone groups is 1. The Kier molecular flexibility index (Phi) is 5.17. The van der Waals surface area contributed by atoms with E-state index >= 15 is 0 Å².